The highest BCUT2D eigenvalue weighted by molar-refractivity contribution is 5.93. The number of carboxylic acids is 6. The standard InChI is InChI=1S/C68H110N12O39/c1-23(55(94)79-35(63(106)107)15-17-41(89)77-33(61(102)103)13-9-11-31(69)59(98)99)71-57(96)25(3)111-53-45(75-29(7)87)65(110)113-39(21-83)51(53)118-67-44(74-28(6)86)49(93)50(38(20-82)115-67)117-68-46(76-30(8)88)54(52(40(22-84)116-68)119-66-43(73-27(5)85)48(92)47(91)37(19-81)114-66)112-26(4)58(97)72-24(2)56(95)80-36(64(108)109)16-18-42(90)78-34(62(104)105)14-10-12-32(70)60(100)101/h23-26,31-40,43-54,65-68,81-84,91-93,110H,9-22,69-70H2,1-8H3,(H,71,96)(H,72,97)(H,73,85)(H,74,86)(H,75,87)(H,76,88)(H,77,89)(H,78,90)(H,79,94)(H,80,95)(H,98,99)(H,100,101)(H,102,103)(H,104,105)(H,106,107)(H,108,109). The van der Waals surface area contributed by atoms with E-state index in [4.69, 9.17) is 64.3 Å². The molecule has 51 nitrogen and oxygen atoms in total. The van der Waals surface area contributed by atoms with Crippen molar-refractivity contribution in [1.82, 2.24) is 53.2 Å². The molecule has 0 aromatic heterocycles. The van der Waals surface area contributed by atoms with Crippen molar-refractivity contribution >= 4 is 94.9 Å². The van der Waals surface area contributed by atoms with Gasteiger partial charge >= 0.3 is 35.8 Å². The van der Waals surface area contributed by atoms with Crippen molar-refractivity contribution in [3.05, 3.63) is 0 Å². The molecule has 0 spiro atoms. The summed E-state index contributed by atoms with van der Waals surface area (Å²) in [6, 6.07) is -20.3. The highest BCUT2D eigenvalue weighted by Gasteiger charge is 2.58. The first kappa shape index (κ1) is 102. The van der Waals surface area contributed by atoms with Crippen molar-refractivity contribution < 1.29 is 191 Å². The second kappa shape index (κ2) is 48.3. The number of aliphatic hydroxyl groups is 8. The molecule has 4 aliphatic rings. The second-order valence-corrected chi connectivity index (χ2v) is 28.6. The molecular formula is C68H110N12O39. The minimum Gasteiger partial charge on any atom is -0.480 e. The number of aliphatic carboxylic acids is 6. The van der Waals surface area contributed by atoms with Gasteiger partial charge in [-0.3, -0.25) is 57.5 Å². The Labute approximate surface area is 677 Å². The van der Waals surface area contributed by atoms with Gasteiger partial charge < -0.3 is 179 Å². The predicted molar refractivity (Wildman–Crippen MR) is 388 cm³/mol. The largest absolute Gasteiger partial charge is 0.480 e. The Bertz CT molecular complexity index is 3500. The summed E-state index contributed by atoms with van der Waals surface area (Å²) in [6.45, 7) is 3.54. The Morgan fingerprint density at radius 1 is 0.345 bits per heavy atom. The molecule has 0 radical (unpaired) electrons. The van der Waals surface area contributed by atoms with Crippen LogP contribution < -0.4 is 64.6 Å². The van der Waals surface area contributed by atoms with Crippen molar-refractivity contribution in [3.63, 3.8) is 0 Å². The van der Waals surface area contributed by atoms with Gasteiger partial charge in [0.15, 0.2) is 25.2 Å². The second-order valence-electron chi connectivity index (χ2n) is 28.6. The van der Waals surface area contributed by atoms with Gasteiger partial charge in [0.05, 0.1) is 26.4 Å². The van der Waals surface area contributed by atoms with Gasteiger partial charge in [0.25, 0.3) is 0 Å². The Kier molecular flexibility index (Phi) is 41.4. The predicted octanol–water partition coefficient (Wildman–Crippen LogP) is -12.3. The van der Waals surface area contributed by atoms with Gasteiger partial charge in [0.2, 0.25) is 59.1 Å². The number of carbonyl (C=O) groups is 16. The zero-order chi connectivity index (χ0) is 89.9. The summed E-state index contributed by atoms with van der Waals surface area (Å²) in [5, 5.41) is 170. The van der Waals surface area contributed by atoms with Crippen molar-refractivity contribution in [3.8, 4) is 0 Å². The van der Waals surface area contributed by atoms with E-state index in [1.807, 2.05) is 0 Å². The molecule has 0 aromatic rings. The Morgan fingerprint density at radius 2 is 0.655 bits per heavy atom. The van der Waals surface area contributed by atoms with Crippen LogP contribution in [-0.2, 0) is 119 Å². The summed E-state index contributed by atoms with van der Waals surface area (Å²) in [4.78, 5) is 204. The van der Waals surface area contributed by atoms with Crippen LogP contribution in [0.2, 0.25) is 0 Å². The number of amides is 10. The molecular weight excluding hydrogens is 1610 g/mol. The number of ether oxygens (including phenoxy) is 9. The Balaban J connectivity index is 1.69. The highest BCUT2D eigenvalue weighted by Crippen LogP contribution is 2.37. The molecule has 676 valence electrons. The smallest absolute Gasteiger partial charge is 0.326 e. The van der Waals surface area contributed by atoms with E-state index in [9.17, 15) is 138 Å². The number of hydrogen-bond acceptors (Lipinski definition) is 35. The zero-order valence-corrected chi connectivity index (χ0v) is 65.8. The Hall–Kier alpha value is -9.24. The lowest BCUT2D eigenvalue weighted by atomic mass is 9.92. The molecule has 4 heterocycles. The number of nitrogens with one attached hydrogen (secondary N) is 10. The van der Waals surface area contributed by atoms with Crippen LogP contribution >= 0.6 is 0 Å². The van der Waals surface area contributed by atoms with E-state index in [1.54, 1.807) is 0 Å². The lowest BCUT2D eigenvalue weighted by Gasteiger charge is -2.52. The Morgan fingerprint density at radius 3 is 1.02 bits per heavy atom. The summed E-state index contributed by atoms with van der Waals surface area (Å²) in [5.41, 5.74) is 10.9. The molecule has 30 unspecified atom stereocenters. The SMILES string of the molecule is CC(=O)NC1C(OC2C(CO)OC(OC3C(CO)OC(OC4C(CO)OC(O)C(NC(C)=O)C4OC(C)C(=O)NC(C)C(=O)NC(CCC(=O)NC(CCCC(N)C(=O)O)C(=O)O)C(=O)O)C(NC(C)=O)C3O)C(NC(C)=O)C2OC(C)C(=O)NC(C)C(=O)NC(CCC(=O)NC(CCCC(N)C(=O)O)C(=O)O)C(=O)O)OC(CO)C(O)C1O. The van der Waals surface area contributed by atoms with Gasteiger partial charge in [-0.25, -0.2) is 19.2 Å². The third kappa shape index (κ3) is 30.8. The fraction of sp³-hybridized carbons (Fsp3) is 0.765. The minimum absolute atomic E-state index is 0.0407. The normalized spacial score (nSPS) is 29.3. The van der Waals surface area contributed by atoms with E-state index in [0.717, 1.165) is 55.4 Å². The molecule has 51 heteroatoms. The highest BCUT2D eigenvalue weighted by atomic mass is 16.8. The van der Waals surface area contributed by atoms with Crippen molar-refractivity contribution in [2.45, 2.75) is 303 Å². The van der Waals surface area contributed by atoms with Crippen LogP contribution in [0, 0.1) is 0 Å². The fourth-order valence-electron chi connectivity index (χ4n) is 12.9. The quantitative estimate of drug-likeness (QED) is 0.0269. The summed E-state index contributed by atoms with van der Waals surface area (Å²) < 4.78 is 55.4. The third-order valence-electron chi connectivity index (χ3n) is 19.2. The molecule has 0 aromatic carbocycles. The molecule has 4 rings (SSSR count). The molecule has 0 saturated carbocycles. The molecule has 28 N–H and O–H groups in total. The molecule has 30 atom stereocenters. The van der Waals surface area contributed by atoms with Gasteiger partial charge in [0.1, 0.15) is 158 Å². The van der Waals surface area contributed by atoms with Crippen LogP contribution in [0.5, 0.6) is 0 Å². The molecule has 4 fully saturated rings. The maximum atomic E-state index is 14.3. The van der Waals surface area contributed by atoms with E-state index < -0.39 is 330 Å². The van der Waals surface area contributed by atoms with E-state index in [2.05, 4.69) is 53.2 Å². The molecule has 10 amide bonds. The van der Waals surface area contributed by atoms with E-state index in [0.29, 0.717) is 0 Å². The van der Waals surface area contributed by atoms with Crippen molar-refractivity contribution in [2.24, 2.45) is 11.5 Å². The molecule has 0 bridgehead atoms. The molecule has 4 aliphatic heterocycles. The van der Waals surface area contributed by atoms with Crippen LogP contribution in [0.4, 0.5) is 0 Å². The summed E-state index contributed by atoms with van der Waals surface area (Å²) in [7, 11) is 0. The van der Waals surface area contributed by atoms with Crippen LogP contribution in [0.3, 0.4) is 0 Å². The lowest BCUT2D eigenvalue weighted by Crippen LogP contribution is -2.72. The lowest BCUT2D eigenvalue weighted by molar-refractivity contribution is -0.365. The van der Waals surface area contributed by atoms with Gasteiger partial charge in [-0.2, -0.15) is 0 Å². The van der Waals surface area contributed by atoms with Crippen molar-refractivity contribution in [1.29, 1.82) is 0 Å². The van der Waals surface area contributed by atoms with E-state index in [1.165, 1.54) is 0 Å². The average molecular weight is 1720 g/mol. The number of rotatable bonds is 48. The topological polar surface area (TPSA) is 812 Å². The molecule has 4 saturated heterocycles. The monoisotopic (exact) mass is 1720 g/mol. The van der Waals surface area contributed by atoms with Crippen molar-refractivity contribution in [2.75, 3.05) is 26.4 Å². The summed E-state index contributed by atoms with van der Waals surface area (Å²) in [6.07, 6.45) is -39.3. The maximum absolute atomic E-state index is 14.3. The first-order valence-corrected chi connectivity index (χ1v) is 37.5. The van der Waals surface area contributed by atoms with Gasteiger partial charge in [-0.1, -0.05) is 0 Å². The first-order valence-electron chi connectivity index (χ1n) is 37.5. The molecule has 119 heavy (non-hydrogen) atoms. The number of aliphatic hydroxyl groups excluding tert-OH is 8. The van der Waals surface area contributed by atoms with Crippen LogP contribution in [0.15, 0.2) is 0 Å². The van der Waals surface area contributed by atoms with Gasteiger partial charge in [-0.05, 0) is 79.1 Å². The number of carboxylic acid groups (broad SMARTS) is 6. The van der Waals surface area contributed by atoms with Crippen LogP contribution in [0.1, 0.15) is 120 Å². The van der Waals surface area contributed by atoms with Gasteiger partial charge in [0, 0.05) is 40.5 Å². The summed E-state index contributed by atoms with van der Waals surface area (Å²) in [5.74, 6) is -19.6. The van der Waals surface area contributed by atoms with Gasteiger partial charge in [-0.15, -0.1) is 0 Å². The maximum Gasteiger partial charge on any atom is 0.326 e. The minimum atomic E-state index is -2.27. The summed E-state index contributed by atoms with van der Waals surface area (Å²) >= 11 is 0. The van der Waals surface area contributed by atoms with E-state index in [-0.39, 0.29) is 38.5 Å². The fourth-order valence-corrected chi connectivity index (χ4v) is 12.9. The first-order chi connectivity index (χ1) is 55.7. The number of nitrogens with two attached hydrogens (primary N) is 2. The number of hydrogen-bond donors (Lipinski definition) is 26. The zero-order valence-electron chi connectivity index (χ0n) is 65.8. The molecule has 0 aliphatic carbocycles. The van der Waals surface area contributed by atoms with Crippen LogP contribution in [-0.4, -0.2) is 376 Å². The van der Waals surface area contributed by atoms with E-state index >= 15 is 0 Å². The number of carbonyl (C=O) groups excluding carboxylic acids is 10. The van der Waals surface area contributed by atoms with Crippen LogP contribution in [0.25, 0.3) is 0 Å². The average Bonchev–Trinajstić information content (AvgIpc) is 0.762. The third-order valence-corrected chi connectivity index (χ3v) is 19.2.